The van der Waals surface area contributed by atoms with Gasteiger partial charge in [0, 0.05) is 16.9 Å². The summed E-state index contributed by atoms with van der Waals surface area (Å²) in [5.74, 6) is 0. The molecule has 0 aliphatic heterocycles. The molecule has 160 valence electrons. The maximum absolute atomic E-state index is 3.76. The van der Waals surface area contributed by atoms with Gasteiger partial charge in [0.1, 0.15) is 0 Å². The Bertz CT molecular complexity index is 1480. The van der Waals surface area contributed by atoms with Crippen molar-refractivity contribution in [2.45, 2.75) is 26.2 Å². The van der Waals surface area contributed by atoms with E-state index in [1.807, 2.05) is 0 Å². The van der Waals surface area contributed by atoms with Crippen LogP contribution in [0.3, 0.4) is 0 Å². The van der Waals surface area contributed by atoms with E-state index in [0.717, 1.165) is 24.9 Å². The largest absolute Gasteiger partial charge is 0.355 e. The summed E-state index contributed by atoms with van der Waals surface area (Å²) in [6, 6.07) is 37.7. The highest BCUT2D eigenvalue weighted by Crippen LogP contribution is 2.42. The molecular formula is C32H27N. The lowest BCUT2D eigenvalue weighted by Crippen LogP contribution is -1.97. The van der Waals surface area contributed by atoms with E-state index in [-0.39, 0.29) is 0 Å². The number of rotatable bonds is 5. The quantitative estimate of drug-likeness (QED) is 0.291. The smallest absolute Gasteiger partial charge is 0.0466 e. The Balaban J connectivity index is 1.42. The Morgan fingerprint density at radius 1 is 0.667 bits per heavy atom. The summed E-state index contributed by atoms with van der Waals surface area (Å²) in [6.45, 7) is 2.25. The lowest BCUT2D eigenvalue weighted by Gasteiger charge is -2.16. The molecule has 6 rings (SSSR count). The van der Waals surface area contributed by atoms with Gasteiger partial charge in [-0.2, -0.15) is 0 Å². The summed E-state index contributed by atoms with van der Waals surface area (Å²) in [4.78, 5) is 0. The first kappa shape index (κ1) is 19.8. The molecular weight excluding hydrogens is 398 g/mol. The monoisotopic (exact) mass is 425 g/mol. The fourth-order valence-corrected chi connectivity index (χ4v) is 5.22. The van der Waals surface area contributed by atoms with E-state index >= 15 is 0 Å². The Morgan fingerprint density at radius 2 is 1.48 bits per heavy atom. The second-order valence-corrected chi connectivity index (χ2v) is 8.98. The van der Waals surface area contributed by atoms with E-state index in [1.54, 1.807) is 0 Å². The minimum Gasteiger partial charge on any atom is -0.355 e. The number of hydrogen-bond donors (Lipinski definition) is 1. The first-order valence-electron chi connectivity index (χ1n) is 11.9. The zero-order valence-corrected chi connectivity index (χ0v) is 18.9. The van der Waals surface area contributed by atoms with Crippen LogP contribution in [-0.4, -0.2) is 0 Å². The van der Waals surface area contributed by atoms with E-state index in [0.29, 0.717) is 0 Å². The number of anilines is 2. The average molecular weight is 426 g/mol. The topological polar surface area (TPSA) is 12.0 Å². The van der Waals surface area contributed by atoms with Crippen LogP contribution in [0.15, 0.2) is 103 Å². The molecule has 0 spiro atoms. The van der Waals surface area contributed by atoms with Crippen molar-refractivity contribution < 1.29 is 0 Å². The van der Waals surface area contributed by atoms with Gasteiger partial charge in [0.05, 0.1) is 0 Å². The van der Waals surface area contributed by atoms with Crippen LogP contribution >= 0.6 is 0 Å². The minimum atomic E-state index is 1.01. The lowest BCUT2D eigenvalue weighted by molar-refractivity contribution is 0.924. The molecule has 33 heavy (non-hydrogen) atoms. The van der Waals surface area contributed by atoms with Gasteiger partial charge in [-0.05, 0) is 81.3 Å². The van der Waals surface area contributed by atoms with Crippen molar-refractivity contribution in [1.82, 2.24) is 0 Å². The van der Waals surface area contributed by atoms with Crippen LogP contribution in [0.2, 0.25) is 0 Å². The van der Waals surface area contributed by atoms with Gasteiger partial charge >= 0.3 is 0 Å². The molecule has 0 unspecified atom stereocenters. The normalized spacial score (nSPS) is 11.9. The molecule has 1 nitrogen and oxygen atoms in total. The fourth-order valence-electron chi connectivity index (χ4n) is 5.22. The van der Waals surface area contributed by atoms with E-state index < -0.39 is 0 Å². The van der Waals surface area contributed by atoms with Crippen molar-refractivity contribution in [3.8, 4) is 22.3 Å². The van der Waals surface area contributed by atoms with E-state index in [2.05, 4.69) is 115 Å². The molecule has 0 fully saturated rings. The molecule has 0 saturated carbocycles. The minimum absolute atomic E-state index is 1.01. The third kappa shape index (κ3) is 3.60. The van der Waals surface area contributed by atoms with E-state index in [9.17, 15) is 0 Å². The second kappa shape index (κ2) is 8.26. The number of aryl methyl sites for hydroxylation is 1. The molecule has 1 aliphatic rings. The Labute approximate surface area is 195 Å². The molecule has 0 aromatic heterocycles. The van der Waals surface area contributed by atoms with Crippen LogP contribution in [0.4, 0.5) is 11.4 Å². The van der Waals surface area contributed by atoms with Gasteiger partial charge in [0.15, 0.2) is 0 Å². The number of benzene rings is 5. The molecule has 0 amide bonds. The molecule has 0 heterocycles. The van der Waals surface area contributed by atoms with Crippen molar-refractivity contribution >= 4 is 22.1 Å². The summed E-state index contributed by atoms with van der Waals surface area (Å²) in [7, 11) is 0. The highest BCUT2D eigenvalue weighted by Gasteiger charge is 2.21. The summed E-state index contributed by atoms with van der Waals surface area (Å²) in [5, 5.41) is 6.33. The van der Waals surface area contributed by atoms with Crippen molar-refractivity contribution in [2.24, 2.45) is 0 Å². The molecule has 0 radical (unpaired) electrons. The van der Waals surface area contributed by atoms with Crippen LogP contribution in [0.1, 0.15) is 30.0 Å². The Morgan fingerprint density at radius 3 is 2.39 bits per heavy atom. The summed E-state index contributed by atoms with van der Waals surface area (Å²) in [5.41, 5.74) is 11.8. The molecule has 5 aromatic carbocycles. The van der Waals surface area contributed by atoms with Gasteiger partial charge in [0.2, 0.25) is 0 Å². The van der Waals surface area contributed by atoms with Crippen molar-refractivity contribution in [2.75, 3.05) is 5.32 Å². The molecule has 1 N–H and O–H groups in total. The summed E-state index contributed by atoms with van der Waals surface area (Å²) < 4.78 is 0. The van der Waals surface area contributed by atoms with Gasteiger partial charge in [0.25, 0.3) is 0 Å². The van der Waals surface area contributed by atoms with E-state index in [1.165, 1.54) is 55.4 Å². The molecule has 5 aromatic rings. The lowest BCUT2D eigenvalue weighted by atomic mass is 9.94. The van der Waals surface area contributed by atoms with Crippen molar-refractivity contribution in [1.29, 1.82) is 0 Å². The summed E-state index contributed by atoms with van der Waals surface area (Å²) in [6.07, 6.45) is 3.23. The molecule has 0 atom stereocenters. The van der Waals surface area contributed by atoms with Crippen LogP contribution in [0, 0.1) is 0 Å². The van der Waals surface area contributed by atoms with Crippen molar-refractivity contribution in [3.63, 3.8) is 0 Å². The standard InChI is InChI=1S/C32H27N/c1-2-8-23-17-18-28(21-30(23)26-16-15-22-9-3-4-10-24(22)19-26)33-31-14-7-12-27-20-25-11-5-6-13-29(25)32(27)31/h3-7,9-19,21,33H,2,8,20H2,1H3. The first-order chi connectivity index (χ1) is 16.3. The predicted octanol–water partition coefficient (Wildman–Crippen LogP) is 8.77. The predicted molar refractivity (Wildman–Crippen MR) is 141 cm³/mol. The Hall–Kier alpha value is -3.84. The SMILES string of the molecule is CCCc1ccc(Nc2cccc3c2-c2ccccc2C3)cc1-c1ccc2ccccc2c1. The van der Waals surface area contributed by atoms with Crippen LogP contribution < -0.4 is 5.32 Å². The first-order valence-corrected chi connectivity index (χ1v) is 11.9. The van der Waals surface area contributed by atoms with Gasteiger partial charge in [-0.25, -0.2) is 0 Å². The van der Waals surface area contributed by atoms with Crippen molar-refractivity contribution in [3.05, 3.63) is 120 Å². The third-order valence-electron chi connectivity index (χ3n) is 6.79. The second-order valence-electron chi connectivity index (χ2n) is 8.98. The zero-order valence-electron chi connectivity index (χ0n) is 18.9. The number of nitrogens with one attached hydrogen (secondary N) is 1. The fraction of sp³-hybridized carbons (Fsp3) is 0.125. The molecule has 0 saturated heterocycles. The summed E-state index contributed by atoms with van der Waals surface area (Å²) >= 11 is 0. The van der Waals surface area contributed by atoms with Gasteiger partial charge in [-0.15, -0.1) is 0 Å². The third-order valence-corrected chi connectivity index (χ3v) is 6.79. The van der Waals surface area contributed by atoms with Crippen LogP contribution in [0.5, 0.6) is 0 Å². The number of fused-ring (bicyclic) bond motifs is 4. The highest BCUT2D eigenvalue weighted by atomic mass is 14.9. The van der Waals surface area contributed by atoms with Crippen LogP contribution in [0.25, 0.3) is 33.0 Å². The van der Waals surface area contributed by atoms with E-state index in [4.69, 9.17) is 0 Å². The Kier molecular flexibility index (Phi) is 4.96. The number of hydrogen-bond acceptors (Lipinski definition) is 1. The molecule has 0 bridgehead atoms. The van der Waals surface area contributed by atoms with Crippen LogP contribution in [-0.2, 0) is 12.8 Å². The molecule has 1 aliphatic carbocycles. The average Bonchev–Trinajstić information content (AvgIpc) is 3.24. The van der Waals surface area contributed by atoms with Gasteiger partial charge in [-0.1, -0.05) is 92.2 Å². The maximum Gasteiger partial charge on any atom is 0.0466 e. The zero-order chi connectivity index (χ0) is 22.2. The van der Waals surface area contributed by atoms with Gasteiger partial charge < -0.3 is 5.32 Å². The highest BCUT2D eigenvalue weighted by molar-refractivity contribution is 5.91. The van der Waals surface area contributed by atoms with Gasteiger partial charge in [-0.3, -0.25) is 0 Å². The molecule has 1 heteroatoms. The maximum atomic E-state index is 3.76.